The summed E-state index contributed by atoms with van der Waals surface area (Å²) in [4.78, 5) is 13.3. The number of hydrogen-bond donors (Lipinski definition) is 2. The topological polar surface area (TPSA) is 156 Å². The van der Waals surface area contributed by atoms with Crippen LogP contribution in [0.2, 0.25) is 5.02 Å². The average Bonchev–Trinajstić information content (AvgIpc) is 3.60. The highest BCUT2D eigenvalue weighted by molar-refractivity contribution is 6.31. The van der Waals surface area contributed by atoms with Crippen LogP contribution in [0.1, 0.15) is 28.5 Å². The van der Waals surface area contributed by atoms with E-state index in [1.165, 1.54) is 18.3 Å². The molecule has 1 amide bonds. The van der Waals surface area contributed by atoms with Gasteiger partial charge in [-0.25, -0.2) is 14.4 Å². The van der Waals surface area contributed by atoms with E-state index in [2.05, 4.69) is 35.8 Å². The predicted octanol–water partition coefficient (Wildman–Crippen LogP) is 4.43. The number of rotatable bonds is 10. The van der Waals surface area contributed by atoms with Crippen molar-refractivity contribution in [2.24, 2.45) is 5.10 Å². The van der Waals surface area contributed by atoms with Gasteiger partial charge in [0.25, 0.3) is 5.91 Å². The van der Waals surface area contributed by atoms with Crippen molar-refractivity contribution in [3.8, 4) is 28.6 Å². The monoisotopic (exact) mass is 576 g/mol. The molecule has 0 radical (unpaired) electrons. The number of nitrogen functional groups attached to an aromatic ring is 1. The first-order chi connectivity index (χ1) is 20.0. The van der Waals surface area contributed by atoms with Gasteiger partial charge in [-0.15, -0.1) is 5.10 Å². The summed E-state index contributed by atoms with van der Waals surface area (Å²) in [5, 5.41) is 19.8. The third-order valence-electron chi connectivity index (χ3n) is 5.71. The Kier molecular flexibility index (Phi) is 8.15. The van der Waals surface area contributed by atoms with Crippen LogP contribution in [0, 0.1) is 5.82 Å². The molecular formula is C27H22ClFN8O4. The molecule has 2 heterocycles. The zero-order chi connectivity index (χ0) is 28.8. The van der Waals surface area contributed by atoms with E-state index in [9.17, 15) is 9.18 Å². The molecule has 3 N–H and O–H groups in total. The van der Waals surface area contributed by atoms with Crippen LogP contribution in [-0.2, 0) is 6.61 Å². The number of ether oxygens (including phenoxy) is 2. The van der Waals surface area contributed by atoms with E-state index in [4.69, 9.17) is 26.8 Å². The minimum absolute atomic E-state index is 0.00225. The lowest BCUT2D eigenvalue weighted by Crippen LogP contribution is -2.22. The lowest BCUT2D eigenvalue weighted by atomic mass is 10.1. The van der Waals surface area contributed by atoms with Crippen LogP contribution in [0.5, 0.6) is 11.5 Å². The van der Waals surface area contributed by atoms with Crippen LogP contribution in [0.25, 0.3) is 17.1 Å². The number of nitrogens with two attached hydrogens (primary N) is 1. The molecule has 2 aromatic heterocycles. The number of halogens is 2. The fourth-order valence-corrected chi connectivity index (χ4v) is 4.01. The van der Waals surface area contributed by atoms with Gasteiger partial charge in [0.15, 0.2) is 17.2 Å². The summed E-state index contributed by atoms with van der Waals surface area (Å²) in [6.07, 6.45) is 1.42. The molecule has 0 saturated carbocycles. The molecule has 3 aromatic carbocycles. The number of hydrogen-bond acceptors (Lipinski definition) is 10. The molecule has 208 valence electrons. The highest BCUT2D eigenvalue weighted by atomic mass is 35.5. The van der Waals surface area contributed by atoms with Crippen molar-refractivity contribution >= 4 is 29.5 Å². The number of nitrogens with zero attached hydrogens (tertiary/aromatic N) is 6. The molecule has 12 nitrogen and oxygen atoms in total. The number of nitrogens with one attached hydrogen (secondary N) is 1. The van der Waals surface area contributed by atoms with Crippen LogP contribution >= 0.6 is 11.6 Å². The minimum atomic E-state index is -0.640. The molecular weight excluding hydrogens is 555 g/mol. The summed E-state index contributed by atoms with van der Waals surface area (Å²) < 4.78 is 31.4. The smallest absolute Gasteiger partial charge is 0.292 e. The Morgan fingerprint density at radius 3 is 2.68 bits per heavy atom. The van der Waals surface area contributed by atoms with Gasteiger partial charge in [-0.1, -0.05) is 53.2 Å². The molecule has 0 aliphatic heterocycles. The fraction of sp³-hybridized carbons (Fsp3) is 0.111. The maximum Gasteiger partial charge on any atom is 0.292 e. The van der Waals surface area contributed by atoms with Gasteiger partial charge in [0.1, 0.15) is 18.1 Å². The van der Waals surface area contributed by atoms with Gasteiger partial charge in [-0.3, -0.25) is 4.79 Å². The quantitative estimate of drug-likeness (QED) is 0.181. The van der Waals surface area contributed by atoms with Crippen molar-refractivity contribution in [1.29, 1.82) is 0 Å². The van der Waals surface area contributed by atoms with Crippen LogP contribution < -0.4 is 20.6 Å². The largest absolute Gasteiger partial charge is 0.490 e. The van der Waals surface area contributed by atoms with Crippen molar-refractivity contribution in [2.75, 3.05) is 12.3 Å². The average molecular weight is 577 g/mol. The van der Waals surface area contributed by atoms with Crippen LogP contribution in [0.3, 0.4) is 0 Å². The number of aromatic nitrogens is 5. The Hall–Kier alpha value is -5.30. The first-order valence-corrected chi connectivity index (χ1v) is 12.6. The molecule has 14 heteroatoms. The van der Waals surface area contributed by atoms with E-state index in [1.807, 2.05) is 13.0 Å². The maximum atomic E-state index is 14.1. The summed E-state index contributed by atoms with van der Waals surface area (Å²) in [7, 11) is 0. The van der Waals surface area contributed by atoms with E-state index >= 15 is 0 Å². The number of anilines is 1. The van der Waals surface area contributed by atoms with Crippen molar-refractivity contribution in [2.45, 2.75) is 13.5 Å². The second-order valence-corrected chi connectivity index (χ2v) is 8.77. The van der Waals surface area contributed by atoms with Gasteiger partial charge >= 0.3 is 0 Å². The normalized spacial score (nSPS) is 11.1. The second kappa shape index (κ2) is 12.3. The van der Waals surface area contributed by atoms with Gasteiger partial charge in [-0.2, -0.15) is 9.78 Å². The van der Waals surface area contributed by atoms with Crippen molar-refractivity contribution in [3.05, 3.63) is 94.4 Å². The third-order valence-corrected chi connectivity index (χ3v) is 6.06. The summed E-state index contributed by atoms with van der Waals surface area (Å²) in [6.45, 7) is 2.08. The van der Waals surface area contributed by atoms with E-state index < -0.39 is 11.7 Å². The SMILES string of the molecule is CCOc1cc(/C=N\NC(=O)c2c(-c3ccccc3)nnn2-c2nonc2N)ccc1OCc1c(F)cccc1Cl. The Morgan fingerprint density at radius 1 is 1.12 bits per heavy atom. The molecule has 5 rings (SSSR count). The van der Waals surface area contributed by atoms with Gasteiger partial charge in [0.05, 0.1) is 17.8 Å². The number of amides is 1. The Bertz CT molecular complexity index is 1690. The molecule has 0 saturated heterocycles. The lowest BCUT2D eigenvalue weighted by molar-refractivity contribution is 0.0947. The predicted molar refractivity (Wildman–Crippen MR) is 147 cm³/mol. The Morgan fingerprint density at radius 2 is 1.95 bits per heavy atom. The molecule has 0 atom stereocenters. The van der Waals surface area contributed by atoms with Crippen molar-refractivity contribution in [3.63, 3.8) is 0 Å². The number of hydrazone groups is 1. The lowest BCUT2D eigenvalue weighted by Gasteiger charge is -2.13. The Balaban J connectivity index is 1.36. The van der Waals surface area contributed by atoms with E-state index in [0.29, 0.717) is 29.2 Å². The zero-order valence-electron chi connectivity index (χ0n) is 21.5. The number of benzene rings is 3. The maximum absolute atomic E-state index is 14.1. The summed E-state index contributed by atoms with van der Waals surface area (Å²) in [6, 6.07) is 18.4. The summed E-state index contributed by atoms with van der Waals surface area (Å²) in [5.74, 6) is -0.396. The number of carbonyl (C=O) groups excluding carboxylic acids is 1. The highest BCUT2D eigenvalue weighted by Crippen LogP contribution is 2.30. The van der Waals surface area contributed by atoms with Gasteiger partial charge in [0, 0.05) is 11.1 Å². The van der Waals surface area contributed by atoms with Crippen LogP contribution in [-0.4, -0.2) is 44.0 Å². The first-order valence-electron chi connectivity index (χ1n) is 12.2. The van der Waals surface area contributed by atoms with Gasteiger partial charge in [-0.05, 0) is 53.1 Å². The Labute approximate surface area is 237 Å². The standard InChI is InChI=1S/C27H22ClFN8O4/c1-2-39-22-13-16(11-12-21(22)40-15-18-19(28)9-6-10-20(18)29)14-31-33-27(38)24-23(17-7-4-3-5-8-17)32-36-37(24)26-25(30)34-41-35-26/h3-14H,2,15H2,1H3,(H2,30,34)(H,33,38)/b31-14-. The van der Waals surface area contributed by atoms with Crippen LogP contribution in [0.15, 0.2) is 76.5 Å². The zero-order valence-corrected chi connectivity index (χ0v) is 22.2. The molecule has 0 fully saturated rings. The molecule has 5 aromatic rings. The van der Waals surface area contributed by atoms with E-state index in [1.54, 1.807) is 48.5 Å². The van der Waals surface area contributed by atoms with Gasteiger partial charge < -0.3 is 15.2 Å². The third kappa shape index (κ3) is 5.99. The summed E-state index contributed by atoms with van der Waals surface area (Å²) in [5.41, 5.74) is 10.0. The highest BCUT2D eigenvalue weighted by Gasteiger charge is 2.25. The first kappa shape index (κ1) is 27.3. The minimum Gasteiger partial charge on any atom is -0.490 e. The second-order valence-electron chi connectivity index (χ2n) is 8.36. The number of carbonyl (C=O) groups is 1. The molecule has 0 aliphatic carbocycles. The molecule has 0 aliphatic rings. The van der Waals surface area contributed by atoms with Crippen LogP contribution in [0.4, 0.5) is 10.2 Å². The van der Waals surface area contributed by atoms with Crippen molar-refractivity contribution < 1.29 is 23.3 Å². The molecule has 0 bridgehead atoms. The van der Waals surface area contributed by atoms with E-state index in [-0.39, 0.29) is 40.2 Å². The fourth-order valence-electron chi connectivity index (χ4n) is 3.79. The van der Waals surface area contributed by atoms with Crippen molar-refractivity contribution in [1.82, 2.24) is 30.7 Å². The van der Waals surface area contributed by atoms with E-state index in [0.717, 1.165) is 4.68 Å². The molecule has 0 unspecified atom stereocenters. The van der Waals surface area contributed by atoms with Gasteiger partial charge in [0.2, 0.25) is 11.6 Å². The molecule has 41 heavy (non-hydrogen) atoms. The molecule has 0 spiro atoms. The summed E-state index contributed by atoms with van der Waals surface area (Å²) >= 11 is 6.10.